The standard InChI is InChI=1S/C16H27NO2/c18-16(19)7-6-15-3-1-2-8-17(15)11-14-10-12-4-5-13(14)9-12/h12-15H,1-11H2,(H,18,19). The Bertz CT molecular complexity index is 331. The Kier molecular flexibility index (Phi) is 4.11. The first kappa shape index (κ1) is 13.4. The van der Waals surface area contributed by atoms with Gasteiger partial charge in [-0.2, -0.15) is 0 Å². The van der Waals surface area contributed by atoms with Gasteiger partial charge in [-0.15, -0.1) is 0 Å². The highest BCUT2D eigenvalue weighted by Gasteiger charge is 2.40. The molecule has 3 heteroatoms. The zero-order valence-corrected chi connectivity index (χ0v) is 11.9. The van der Waals surface area contributed by atoms with Gasteiger partial charge in [0.1, 0.15) is 0 Å². The highest BCUT2D eigenvalue weighted by Crippen LogP contribution is 2.48. The zero-order chi connectivity index (χ0) is 13.2. The van der Waals surface area contributed by atoms with Crippen LogP contribution in [0.2, 0.25) is 0 Å². The minimum Gasteiger partial charge on any atom is -0.481 e. The van der Waals surface area contributed by atoms with Gasteiger partial charge < -0.3 is 10.0 Å². The topological polar surface area (TPSA) is 40.5 Å². The lowest BCUT2D eigenvalue weighted by Crippen LogP contribution is -2.43. The highest BCUT2D eigenvalue weighted by atomic mass is 16.4. The van der Waals surface area contributed by atoms with Crippen LogP contribution in [-0.4, -0.2) is 35.1 Å². The van der Waals surface area contributed by atoms with Crippen molar-refractivity contribution in [3.05, 3.63) is 0 Å². The second-order valence-corrected chi connectivity index (χ2v) is 7.01. The second kappa shape index (κ2) is 5.82. The van der Waals surface area contributed by atoms with Crippen LogP contribution in [0, 0.1) is 17.8 Å². The number of hydrogen-bond acceptors (Lipinski definition) is 2. The van der Waals surface area contributed by atoms with E-state index in [9.17, 15) is 4.79 Å². The maximum Gasteiger partial charge on any atom is 0.303 e. The van der Waals surface area contributed by atoms with E-state index < -0.39 is 5.97 Å². The lowest BCUT2D eigenvalue weighted by atomic mass is 9.87. The van der Waals surface area contributed by atoms with Crippen LogP contribution in [0.4, 0.5) is 0 Å². The molecule has 0 amide bonds. The molecular weight excluding hydrogens is 238 g/mol. The summed E-state index contributed by atoms with van der Waals surface area (Å²) in [6, 6.07) is 0.545. The van der Waals surface area contributed by atoms with Crippen LogP contribution in [0.25, 0.3) is 0 Å². The lowest BCUT2D eigenvalue weighted by Gasteiger charge is -2.39. The molecule has 0 aromatic heterocycles. The fraction of sp³-hybridized carbons (Fsp3) is 0.938. The van der Waals surface area contributed by atoms with E-state index in [4.69, 9.17) is 5.11 Å². The highest BCUT2D eigenvalue weighted by molar-refractivity contribution is 5.66. The number of carbonyl (C=O) groups is 1. The molecule has 1 N–H and O–H groups in total. The van der Waals surface area contributed by atoms with Crippen molar-refractivity contribution >= 4 is 5.97 Å². The monoisotopic (exact) mass is 265 g/mol. The van der Waals surface area contributed by atoms with Crippen LogP contribution in [0.15, 0.2) is 0 Å². The summed E-state index contributed by atoms with van der Waals surface area (Å²) < 4.78 is 0. The summed E-state index contributed by atoms with van der Waals surface area (Å²) in [7, 11) is 0. The number of fused-ring (bicyclic) bond motifs is 2. The van der Waals surface area contributed by atoms with Gasteiger partial charge in [-0.05, 0) is 62.8 Å². The van der Waals surface area contributed by atoms with Crippen LogP contribution in [-0.2, 0) is 4.79 Å². The Labute approximate surface area is 116 Å². The van der Waals surface area contributed by atoms with Crippen molar-refractivity contribution in [2.24, 2.45) is 17.8 Å². The number of carboxylic acid groups (broad SMARTS) is 1. The molecule has 1 saturated heterocycles. The van der Waals surface area contributed by atoms with E-state index in [1.54, 1.807) is 0 Å². The van der Waals surface area contributed by atoms with Gasteiger partial charge in [-0.1, -0.05) is 12.8 Å². The maximum absolute atomic E-state index is 10.8. The first-order chi connectivity index (χ1) is 9.22. The fourth-order valence-corrected chi connectivity index (χ4v) is 4.82. The third kappa shape index (κ3) is 3.13. The maximum atomic E-state index is 10.8. The van der Waals surface area contributed by atoms with Gasteiger partial charge in [-0.3, -0.25) is 4.79 Å². The van der Waals surface area contributed by atoms with Gasteiger partial charge in [0.25, 0.3) is 0 Å². The largest absolute Gasteiger partial charge is 0.481 e. The molecule has 2 bridgehead atoms. The number of hydrogen-bond donors (Lipinski definition) is 1. The summed E-state index contributed by atoms with van der Waals surface area (Å²) in [5, 5.41) is 8.88. The smallest absolute Gasteiger partial charge is 0.303 e. The Morgan fingerprint density at radius 3 is 2.74 bits per heavy atom. The Morgan fingerprint density at radius 2 is 2.05 bits per heavy atom. The molecule has 0 aromatic carbocycles. The third-order valence-electron chi connectivity index (χ3n) is 5.79. The second-order valence-electron chi connectivity index (χ2n) is 7.01. The summed E-state index contributed by atoms with van der Waals surface area (Å²) in [5.41, 5.74) is 0. The van der Waals surface area contributed by atoms with Gasteiger partial charge >= 0.3 is 5.97 Å². The van der Waals surface area contributed by atoms with Gasteiger partial charge in [0, 0.05) is 19.0 Å². The molecule has 0 radical (unpaired) electrons. The van der Waals surface area contributed by atoms with Crippen LogP contribution < -0.4 is 0 Å². The molecule has 1 heterocycles. The molecule has 3 rings (SSSR count). The van der Waals surface area contributed by atoms with Crippen molar-refractivity contribution in [1.82, 2.24) is 4.90 Å². The van der Waals surface area contributed by atoms with Gasteiger partial charge in [0.15, 0.2) is 0 Å². The first-order valence-corrected chi connectivity index (χ1v) is 8.18. The zero-order valence-electron chi connectivity index (χ0n) is 11.9. The van der Waals surface area contributed by atoms with E-state index in [1.807, 2.05) is 0 Å². The Morgan fingerprint density at radius 1 is 1.16 bits per heavy atom. The van der Waals surface area contributed by atoms with Crippen molar-refractivity contribution < 1.29 is 9.90 Å². The normalized spacial score (nSPS) is 38.7. The molecule has 0 aromatic rings. The first-order valence-electron chi connectivity index (χ1n) is 8.18. The summed E-state index contributed by atoms with van der Waals surface area (Å²) in [6.07, 6.45) is 10.9. The van der Waals surface area contributed by atoms with E-state index in [0.717, 1.165) is 24.2 Å². The molecule has 2 aliphatic carbocycles. The van der Waals surface area contributed by atoms with Crippen molar-refractivity contribution in [3.8, 4) is 0 Å². The summed E-state index contributed by atoms with van der Waals surface area (Å²) in [5.74, 6) is 2.30. The van der Waals surface area contributed by atoms with Crippen LogP contribution >= 0.6 is 0 Å². The predicted octanol–water partition coefficient (Wildman–Crippen LogP) is 3.14. The minimum absolute atomic E-state index is 0.345. The number of piperidine rings is 1. The van der Waals surface area contributed by atoms with Crippen LogP contribution in [0.5, 0.6) is 0 Å². The molecule has 3 fully saturated rings. The molecule has 108 valence electrons. The Hall–Kier alpha value is -0.570. The minimum atomic E-state index is -0.634. The summed E-state index contributed by atoms with van der Waals surface area (Å²) >= 11 is 0. The van der Waals surface area contributed by atoms with Gasteiger partial charge in [0.2, 0.25) is 0 Å². The van der Waals surface area contributed by atoms with Gasteiger partial charge in [0.05, 0.1) is 0 Å². The summed E-state index contributed by atoms with van der Waals surface area (Å²) in [6.45, 7) is 2.46. The molecule has 3 aliphatic rings. The molecule has 19 heavy (non-hydrogen) atoms. The molecular formula is C16H27NO2. The number of aliphatic carboxylic acids is 1. The van der Waals surface area contributed by atoms with E-state index in [0.29, 0.717) is 12.5 Å². The SMILES string of the molecule is O=C(O)CCC1CCCCN1CC1CC2CCC1C2. The molecule has 1 aliphatic heterocycles. The van der Waals surface area contributed by atoms with Crippen LogP contribution in [0.1, 0.15) is 57.8 Å². The average molecular weight is 265 g/mol. The quantitative estimate of drug-likeness (QED) is 0.830. The van der Waals surface area contributed by atoms with E-state index >= 15 is 0 Å². The molecule has 3 nitrogen and oxygen atoms in total. The molecule has 4 atom stereocenters. The van der Waals surface area contributed by atoms with Gasteiger partial charge in [-0.25, -0.2) is 0 Å². The van der Waals surface area contributed by atoms with E-state index in [-0.39, 0.29) is 0 Å². The van der Waals surface area contributed by atoms with E-state index in [1.165, 1.54) is 58.0 Å². The fourth-order valence-electron chi connectivity index (χ4n) is 4.82. The third-order valence-corrected chi connectivity index (χ3v) is 5.79. The number of carboxylic acids is 1. The number of likely N-dealkylation sites (tertiary alicyclic amines) is 1. The molecule has 0 spiro atoms. The van der Waals surface area contributed by atoms with E-state index in [2.05, 4.69) is 4.90 Å². The Balaban J connectivity index is 1.53. The van der Waals surface area contributed by atoms with Crippen LogP contribution in [0.3, 0.4) is 0 Å². The van der Waals surface area contributed by atoms with Crippen molar-refractivity contribution in [2.75, 3.05) is 13.1 Å². The predicted molar refractivity (Wildman–Crippen MR) is 75.0 cm³/mol. The van der Waals surface area contributed by atoms with Crippen molar-refractivity contribution in [1.29, 1.82) is 0 Å². The van der Waals surface area contributed by atoms with Crippen molar-refractivity contribution in [3.63, 3.8) is 0 Å². The molecule has 4 unspecified atom stereocenters. The molecule has 2 saturated carbocycles. The average Bonchev–Trinajstić information content (AvgIpc) is 3.00. The lowest BCUT2D eigenvalue weighted by molar-refractivity contribution is -0.137. The number of rotatable bonds is 5. The number of nitrogens with zero attached hydrogens (tertiary/aromatic N) is 1. The summed E-state index contributed by atoms with van der Waals surface area (Å²) in [4.78, 5) is 13.4. The van der Waals surface area contributed by atoms with Crippen molar-refractivity contribution in [2.45, 2.75) is 63.8 Å².